The van der Waals surface area contributed by atoms with E-state index in [-0.39, 0.29) is 39.7 Å². The number of halogens is 2. The Kier molecular flexibility index (Phi) is 9.24. The first-order chi connectivity index (χ1) is 20.4. The van der Waals surface area contributed by atoms with Crippen LogP contribution in [0.2, 0.25) is 10.0 Å². The molecule has 0 aliphatic heterocycles. The van der Waals surface area contributed by atoms with Crippen LogP contribution in [0.5, 0.6) is 11.5 Å². The number of carbonyl (C=O) groups excluding carboxylic acids is 2. The molecule has 42 heavy (non-hydrogen) atoms. The smallest absolute Gasteiger partial charge is 0.248 e. The van der Waals surface area contributed by atoms with Crippen molar-refractivity contribution in [2.24, 2.45) is 0 Å². The van der Waals surface area contributed by atoms with Crippen molar-refractivity contribution in [2.75, 3.05) is 0 Å². The fourth-order valence-electron chi connectivity index (χ4n) is 4.51. The van der Waals surface area contributed by atoms with E-state index in [1.165, 1.54) is 24.3 Å². The molecule has 0 aliphatic rings. The third-order valence-electron chi connectivity index (χ3n) is 6.59. The van der Waals surface area contributed by atoms with E-state index in [1.807, 2.05) is 36.4 Å². The van der Waals surface area contributed by atoms with Gasteiger partial charge in [0.05, 0.1) is 15.6 Å². The van der Waals surface area contributed by atoms with Crippen molar-refractivity contribution in [1.82, 2.24) is 0 Å². The molecule has 5 nitrogen and oxygen atoms in total. The zero-order valence-electron chi connectivity index (χ0n) is 22.3. The fourth-order valence-corrected chi connectivity index (χ4v) is 7.61. The summed E-state index contributed by atoms with van der Waals surface area (Å²) in [5.74, 6) is 1.18. The second-order valence-electron chi connectivity index (χ2n) is 9.31. The van der Waals surface area contributed by atoms with Gasteiger partial charge in [0, 0.05) is 22.0 Å². The highest BCUT2D eigenvalue weighted by molar-refractivity contribution is 8.01. The van der Waals surface area contributed by atoms with Gasteiger partial charge in [0.1, 0.15) is 24.7 Å². The van der Waals surface area contributed by atoms with Crippen LogP contribution in [0.25, 0.3) is 0 Å². The quantitative estimate of drug-likeness (QED) is 0.139. The molecule has 1 atom stereocenters. The van der Waals surface area contributed by atoms with Gasteiger partial charge in [-0.05, 0) is 36.4 Å². The maximum atomic E-state index is 15.1. The van der Waals surface area contributed by atoms with Crippen LogP contribution in [-0.2, 0) is 17.8 Å². The van der Waals surface area contributed by atoms with Gasteiger partial charge in [0.15, 0.2) is 0 Å². The molecule has 0 saturated heterocycles. The molecule has 0 amide bonds. The van der Waals surface area contributed by atoms with E-state index < -0.39 is 18.2 Å². The zero-order chi connectivity index (χ0) is 29.5. The fraction of sp³-hybridized carbons (Fsp3) is 0.0588. The number of rotatable bonds is 11. The Morgan fingerprint density at radius 1 is 0.524 bits per heavy atom. The molecule has 0 N–H and O–H groups in total. The van der Waals surface area contributed by atoms with E-state index in [4.69, 9.17) is 32.7 Å². The predicted molar refractivity (Wildman–Crippen MR) is 167 cm³/mol. The number of carbonyl (C=O) groups is 2. The number of ether oxygens (including phenoxy) is 2. The van der Waals surface area contributed by atoms with Crippen molar-refractivity contribution in [1.29, 1.82) is 0 Å². The van der Waals surface area contributed by atoms with Crippen LogP contribution in [-0.4, -0.2) is 11.0 Å². The molecule has 0 heterocycles. The average molecular weight is 615 g/mol. The molecule has 0 bridgehead atoms. The Hall–Kier alpha value is -4.15. The van der Waals surface area contributed by atoms with Crippen molar-refractivity contribution in [2.45, 2.75) is 13.2 Å². The second kappa shape index (κ2) is 13.2. The highest BCUT2D eigenvalue weighted by atomic mass is 35.5. The number of hydrogen-bond acceptors (Lipinski definition) is 5. The molecule has 0 aliphatic carbocycles. The standard InChI is InChI=1S/C34H25Cl2O5P/c35-29-20-11-21-30(36)32(29)34(38)42(39,28-18-8-3-9-19-28)33(37)31-24(22-40-26-14-4-1-5-15-26)12-10-13-25(31)23-41-27-16-6-2-7-17-27/h1-21H,22-23H2. The van der Waals surface area contributed by atoms with Gasteiger partial charge < -0.3 is 14.0 Å². The molecule has 0 radical (unpaired) electrons. The molecule has 0 saturated carbocycles. The summed E-state index contributed by atoms with van der Waals surface area (Å²) in [5.41, 5.74) is -0.967. The Balaban J connectivity index is 1.65. The van der Waals surface area contributed by atoms with E-state index >= 15 is 4.57 Å². The Morgan fingerprint density at radius 2 is 0.929 bits per heavy atom. The number of benzene rings is 5. The van der Waals surface area contributed by atoms with Gasteiger partial charge in [-0.15, -0.1) is 0 Å². The highest BCUT2D eigenvalue weighted by Crippen LogP contribution is 2.53. The van der Waals surface area contributed by atoms with Crippen molar-refractivity contribution < 1.29 is 23.6 Å². The molecule has 0 fully saturated rings. The van der Waals surface area contributed by atoms with Crippen molar-refractivity contribution in [3.63, 3.8) is 0 Å². The Labute approximate surface area is 254 Å². The van der Waals surface area contributed by atoms with Crippen LogP contribution in [0.1, 0.15) is 31.8 Å². The molecule has 0 spiro atoms. The molecule has 5 rings (SSSR count). The van der Waals surface area contributed by atoms with Crippen LogP contribution in [0.4, 0.5) is 0 Å². The maximum Gasteiger partial charge on any atom is 0.248 e. The Bertz CT molecular complexity index is 1680. The summed E-state index contributed by atoms with van der Waals surface area (Å²) in [6.45, 7) is -0.0276. The van der Waals surface area contributed by atoms with Gasteiger partial charge in [0.2, 0.25) is 18.2 Å². The first-order valence-corrected chi connectivity index (χ1v) is 15.5. The van der Waals surface area contributed by atoms with Crippen molar-refractivity contribution >= 4 is 46.7 Å². The monoisotopic (exact) mass is 614 g/mol. The van der Waals surface area contributed by atoms with E-state index in [1.54, 1.807) is 66.7 Å². The van der Waals surface area contributed by atoms with E-state index in [2.05, 4.69) is 0 Å². The third kappa shape index (κ3) is 6.19. The lowest BCUT2D eigenvalue weighted by Gasteiger charge is -2.21. The summed E-state index contributed by atoms with van der Waals surface area (Å²) >= 11 is 12.8. The van der Waals surface area contributed by atoms with Gasteiger partial charge in [0.25, 0.3) is 0 Å². The summed E-state index contributed by atoms with van der Waals surface area (Å²) in [6.07, 6.45) is 0. The molecular formula is C34H25Cl2O5P. The lowest BCUT2D eigenvalue weighted by atomic mass is 10.0. The lowest BCUT2D eigenvalue weighted by Crippen LogP contribution is -2.23. The normalized spacial score (nSPS) is 12.2. The second-order valence-corrected chi connectivity index (χ2v) is 12.7. The SMILES string of the molecule is O=C(c1c(Cl)cccc1Cl)P(=O)(C(=O)c1c(COc2ccccc2)cccc1COc1ccccc1)c1ccccc1. The van der Waals surface area contributed by atoms with Crippen LogP contribution in [0.15, 0.2) is 127 Å². The van der Waals surface area contributed by atoms with Crippen LogP contribution in [0.3, 0.4) is 0 Å². The summed E-state index contributed by atoms with van der Waals surface area (Å²) in [7, 11) is -4.55. The number of para-hydroxylation sites is 2. The molecule has 5 aromatic carbocycles. The van der Waals surface area contributed by atoms with Gasteiger partial charge in [-0.2, -0.15) is 0 Å². The first kappa shape index (κ1) is 29.3. The topological polar surface area (TPSA) is 69.7 Å². The maximum absolute atomic E-state index is 15.1. The van der Waals surface area contributed by atoms with E-state index in [9.17, 15) is 9.59 Å². The van der Waals surface area contributed by atoms with Gasteiger partial charge in [-0.3, -0.25) is 9.59 Å². The largest absolute Gasteiger partial charge is 0.489 e. The van der Waals surface area contributed by atoms with Crippen LogP contribution in [0, 0.1) is 0 Å². The predicted octanol–water partition coefficient (Wildman–Crippen LogP) is 8.82. The highest BCUT2D eigenvalue weighted by Gasteiger charge is 2.45. The van der Waals surface area contributed by atoms with Crippen LogP contribution >= 0.6 is 30.3 Å². The first-order valence-electron chi connectivity index (χ1n) is 13.1. The molecule has 210 valence electrons. The summed E-state index contributed by atoms with van der Waals surface area (Å²) in [5, 5.41) is 0.0827. The van der Waals surface area contributed by atoms with Crippen molar-refractivity contribution in [3.05, 3.63) is 160 Å². The molecule has 5 aromatic rings. The molecule has 1 unspecified atom stereocenters. The summed E-state index contributed by atoms with van der Waals surface area (Å²) < 4.78 is 27.1. The van der Waals surface area contributed by atoms with E-state index in [0.717, 1.165) is 0 Å². The van der Waals surface area contributed by atoms with Gasteiger partial charge in [-0.1, -0.05) is 114 Å². The summed E-state index contributed by atoms with van der Waals surface area (Å²) in [6, 6.07) is 35.9. The zero-order valence-corrected chi connectivity index (χ0v) is 24.7. The Morgan fingerprint density at radius 3 is 1.40 bits per heavy atom. The van der Waals surface area contributed by atoms with Crippen molar-refractivity contribution in [3.8, 4) is 11.5 Å². The minimum Gasteiger partial charge on any atom is -0.489 e. The van der Waals surface area contributed by atoms with Gasteiger partial charge in [-0.25, -0.2) is 0 Å². The van der Waals surface area contributed by atoms with Gasteiger partial charge >= 0.3 is 0 Å². The average Bonchev–Trinajstić information content (AvgIpc) is 3.03. The molecule has 0 aromatic heterocycles. The summed E-state index contributed by atoms with van der Waals surface area (Å²) in [4.78, 5) is 28.9. The lowest BCUT2D eigenvalue weighted by molar-refractivity contribution is 0.103. The molecular weight excluding hydrogens is 590 g/mol. The molecule has 8 heteroatoms. The number of hydrogen-bond donors (Lipinski definition) is 0. The van der Waals surface area contributed by atoms with E-state index in [0.29, 0.717) is 22.6 Å². The van der Waals surface area contributed by atoms with Crippen LogP contribution < -0.4 is 14.8 Å². The minimum atomic E-state index is -4.55. The minimum absolute atomic E-state index is 0.00443. The third-order valence-corrected chi connectivity index (χ3v) is 9.84.